The van der Waals surface area contributed by atoms with Gasteiger partial charge in [-0.1, -0.05) is 50.3 Å². The predicted octanol–water partition coefficient (Wildman–Crippen LogP) is 3.85. The zero-order valence-corrected chi connectivity index (χ0v) is 19.0. The highest BCUT2D eigenvalue weighted by molar-refractivity contribution is 5.85. The van der Waals surface area contributed by atoms with Crippen molar-refractivity contribution in [3.63, 3.8) is 0 Å². The van der Waals surface area contributed by atoms with Gasteiger partial charge in [0, 0.05) is 30.7 Å². The first-order chi connectivity index (χ1) is 15.8. The van der Waals surface area contributed by atoms with E-state index in [1.54, 1.807) is 10.6 Å². The van der Waals surface area contributed by atoms with Gasteiger partial charge in [-0.05, 0) is 35.2 Å². The molecule has 2 heterocycles. The lowest BCUT2D eigenvalue weighted by Gasteiger charge is -2.14. The minimum Gasteiger partial charge on any atom is -0.481 e. The second kappa shape index (κ2) is 8.94. The Morgan fingerprint density at radius 2 is 1.79 bits per heavy atom. The Labute approximate surface area is 190 Å². The fraction of sp³-hybridized carbons (Fsp3) is 0.269. The third kappa shape index (κ3) is 4.39. The van der Waals surface area contributed by atoms with Crippen LogP contribution < -0.4 is 11.2 Å². The van der Waals surface area contributed by atoms with Crippen molar-refractivity contribution in [1.29, 1.82) is 0 Å². The van der Waals surface area contributed by atoms with Crippen LogP contribution in [0.15, 0.2) is 64.3 Å². The number of benzene rings is 2. The molecule has 0 aliphatic rings. The van der Waals surface area contributed by atoms with Gasteiger partial charge in [0.1, 0.15) is 0 Å². The standard InChI is InChI=1S/C26H27N3O4/c1-17(2)8-9-18-10-11-21-23(14-18)29(26(33)28(25(21)32)13-12-24(30)31)16-19-15-27(3)22-7-5-4-6-20(19)22/h4-11,14-15,17H,12-13,16H2,1-3H3,(H,30,31). The van der Waals surface area contributed by atoms with E-state index in [0.717, 1.165) is 26.6 Å². The fourth-order valence-corrected chi connectivity index (χ4v) is 4.12. The number of hydrogen-bond donors (Lipinski definition) is 1. The third-order valence-corrected chi connectivity index (χ3v) is 5.78. The molecule has 1 N–H and O–H groups in total. The molecule has 0 saturated carbocycles. The van der Waals surface area contributed by atoms with Crippen LogP contribution in [0.4, 0.5) is 0 Å². The van der Waals surface area contributed by atoms with E-state index >= 15 is 0 Å². The number of fused-ring (bicyclic) bond motifs is 2. The van der Waals surface area contributed by atoms with Crippen molar-refractivity contribution in [3.8, 4) is 0 Å². The van der Waals surface area contributed by atoms with E-state index in [-0.39, 0.29) is 19.5 Å². The Hall–Kier alpha value is -3.87. The fourth-order valence-electron chi connectivity index (χ4n) is 4.12. The normalized spacial score (nSPS) is 11.9. The maximum atomic E-state index is 13.4. The van der Waals surface area contributed by atoms with Crippen molar-refractivity contribution in [3.05, 3.63) is 86.7 Å². The molecule has 0 radical (unpaired) electrons. The molecular formula is C26H27N3O4. The summed E-state index contributed by atoms with van der Waals surface area (Å²) in [5.74, 6) is -0.696. The number of nitrogens with zero attached hydrogens (tertiary/aromatic N) is 3. The maximum Gasteiger partial charge on any atom is 0.331 e. The number of allylic oxidation sites excluding steroid dienone is 1. The second-order valence-electron chi connectivity index (χ2n) is 8.63. The molecule has 0 unspecified atom stereocenters. The van der Waals surface area contributed by atoms with Crippen molar-refractivity contribution >= 4 is 33.9 Å². The largest absolute Gasteiger partial charge is 0.481 e. The van der Waals surface area contributed by atoms with Crippen molar-refractivity contribution in [2.45, 2.75) is 33.4 Å². The highest BCUT2D eigenvalue weighted by atomic mass is 16.4. The molecule has 7 heteroatoms. The average molecular weight is 446 g/mol. The number of rotatable bonds is 7. The predicted molar refractivity (Wildman–Crippen MR) is 131 cm³/mol. The van der Waals surface area contributed by atoms with Gasteiger partial charge in [-0.25, -0.2) is 4.79 Å². The number of carbonyl (C=O) groups is 1. The summed E-state index contributed by atoms with van der Waals surface area (Å²) in [6.45, 7) is 4.25. The lowest BCUT2D eigenvalue weighted by atomic mass is 10.1. The van der Waals surface area contributed by atoms with E-state index in [1.807, 2.05) is 60.3 Å². The second-order valence-corrected chi connectivity index (χ2v) is 8.63. The lowest BCUT2D eigenvalue weighted by molar-refractivity contribution is -0.137. The Bertz CT molecular complexity index is 1500. The zero-order valence-electron chi connectivity index (χ0n) is 19.0. The Balaban J connectivity index is 1.95. The molecule has 0 aliphatic carbocycles. The van der Waals surface area contributed by atoms with Gasteiger partial charge in [0.05, 0.1) is 23.9 Å². The Kier molecular flexibility index (Phi) is 6.05. The van der Waals surface area contributed by atoms with Gasteiger partial charge in [-0.15, -0.1) is 0 Å². The van der Waals surface area contributed by atoms with E-state index in [0.29, 0.717) is 16.8 Å². The number of carboxylic acid groups (broad SMARTS) is 1. The molecule has 0 spiro atoms. The van der Waals surface area contributed by atoms with E-state index in [2.05, 4.69) is 19.9 Å². The van der Waals surface area contributed by atoms with E-state index in [1.165, 1.54) is 0 Å². The van der Waals surface area contributed by atoms with Gasteiger partial charge >= 0.3 is 11.7 Å². The summed E-state index contributed by atoms with van der Waals surface area (Å²) < 4.78 is 4.62. The molecule has 0 atom stereocenters. The molecule has 33 heavy (non-hydrogen) atoms. The summed E-state index contributed by atoms with van der Waals surface area (Å²) in [5.41, 5.74) is 2.45. The molecule has 170 valence electrons. The minimum absolute atomic E-state index is 0.173. The molecule has 0 saturated heterocycles. The number of aryl methyl sites for hydroxylation is 1. The average Bonchev–Trinajstić information content (AvgIpc) is 3.10. The number of aliphatic carboxylic acids is 1. The molecule has 0 fully saturated rings. The van der Waals surface area contributed by atoms with Crippen molar-refractivity contribution < 1.29 is 9.90 Å². The Morgan fingerprint density at radius 1 is 1.03 bits per heavy atom. The number of carboxylic acids is 1. The highest BCUT2D eigenvalue weighted by Crippen LogP contribution is 2.22. The summed E-state index contributed by atoms with van der Waals surface area (Å²) >= 11 is 0. The molecule has 4 rings (SSSR count). The minimum atomic E-state index is -1.06. The molecule has 0 aliphatic heterocycles. The molecule has 7 nitrogen and oxygen atoms in total. The number of para-hydroxylation sites is 1. The van der Waals surface area contributed by atoms with Crippen molar-refractivity contribution in [1.82, 2.24) is 13.7 Å². The van der Waals surface area contributed by atoms with Crippen LogP contribution in [0, 0.1) is 5.92 Å². The number of aromatic nitrogens is 3. The molecular weight excluding hydrogens is 418 g/mol. The van der Waals surface area contributed by atoms with Crippen LogP contribution in [0.1, 0.15) is 31.4 Å². The van der Waals surface area contributed by atoms with Gasteiger partial charge in [0.25, 0.3) is 5.56 Å². The van der Waals surface area contributed by atoms with Crippen LogP contribution in [0.2, 0.25) is 0 Å². The monoisotopic (exact) mass is 445 g/mol. The lowest BCUT2D eigenvalue weighted by Crippen LogP contribution is -2.40. The van der Waals surface area contributed by atoms with Crippen LogP contribution in [0.3, 0.4) is 0 Å². The smallest absolute Gasteiger partial charge is 0.331 e. The molecule has 0 bridgehead atoms. The quantitative estimate of drug-likeness (QED) is 0.468. The maximum absolute atomic E-state index is 13.4. The summed E-state index contributed by atoms with van der Waals surface area (Å²) in [5, 5.41) is 10.5. The molecule has 4 aromatic rings. The van der Waals surface area contributed by atoms with Crippen LogP contribution in [0.25, 0.3) is 27.9 Å². The SMILES string of the molecule is CC(C)C=Cc1ccc2c(=O)n(CCC(=O)O)c(=O)n(Cc3cn(C)c4ccccc34)c2c1. The van der Waals surface area contributed by atoms with Crippen LogP contribution in [0.5, 0.6) is 0 Å². The van der Waals surface area contributed by atoms with Crippen LogP contribution >= 0.6 is 0 Å². The summed E-state index contributed by atoms with van der Waals surface area (Å²) in [4.78, 5) is 37.7. The van der Waals surface area contributed by atoms with Crippen LogP contribution in [-0.2, 0) is 24.9 Å². The molecule has 0 amide bonds. The molecule has 2 aromatic heterocycles. The summed E-state index contributed by atoms with van der Waals surface area (Å²) in [6, 6.07) is 13.4. The topological polar surface area (TPSA) is 86.2 Å². The van der Waals surface area contributed by atoms with Crippen molar-refractivity contribution in [2.75, 3.05) is 0 Å². The van der Waals surface area contributed by atoms with Crippen molar-refractivity contribution in [2.24, 2.45) is 13.0 Å². The Morgan fingerprint density at radius 3 is 2.52 bits per heavy atom. The van der Waals surface area contributed by atoms with E-state index < -0.39 is 17.2 Å². The van der Waals surface area contributed by atoms with E-state index in [9.17, 15) is 14.4 Å². The van der Waals surface area contributed by atoms with E-state index in [4.69, 9.17) is 5.11 Å². The first-order valence-electron chi connectivity index (χ1n) is 11.0. The molecule has 2 aromatic carbocycles. The zero-order chi connectivity index (χ0) is 23.7. The third-order valence-electron chi connectivity index (χ3n) is 5.78. The first-order valence-corrected chi connectivity index (χ1v) is 11.0. The highest BCUT2D eigenvalue weighted by Gasteiger charge is 2.16. The first kappa shape index (κ1) is 22.3. The van der Waals surface area contributed by atoms with Gasteiger partial charge in [-0.3, -0.25) is 18.7 Å². The summed E-state index contributed by atoms with van der Waals surface area (Å²) in [7, 11) is 1.95. The van der Waals surface area contributed by atoms with Gasteiger partial charge in [0.2, 0.25) is 0 Å². The van der Waals surface area contributed by atoms with Gasteiger partial charge in [0.15, 0.2) is 0 Å². The summed E-state index contributed by atoms with van der Waals surface area (Å²) in [6.07, 6.45) is 5.72. The van der Waals surface area contributed by atoms with Crippen LogP contribution in [-0.4, -0.2) is 24.8 Å². The van der Waals surface area contributed by atoms with Gasteiger partial charge in [-0.2, -0.15) is 0 Å². The number of hydrogen-bond acceptors (Lipinski definition) is 3. The van der Waals surface area contributed by atoms with Gasteiger partial charge < -0.3 is 9.67 Å².